The van der Waals surface area contributed by atoms with Crippen LogP contribution in [0.4, 0.5) is 0 Å². The number of nitrogens with zero attached hydrogens (tertiary/aromatic N) is 3. The molecule has 178 valence electrons. The van der Waals surface area contributed by atoms with Crippen molar-refractivity contribution in [2.45, 2.75) is 26.3 Å². The van der Waals surface area contributed by atoms with Gasteiger partial charge in [-0.3, -0.25) is 10.1 Å². The van der Waals surface area contributed by atoms with Crippen LogP contribution in [-0.2, 0) is 17.7 Å². The number of aryl methyl sites for hydroxylation is 1. The first-order chi connectivity index (χ1) is 15.7. The summed E-state index contributed by atoms with van der Waals surface area (Å²) in [6.45, 7) is 5.64. The van der Waals surface area contributed by atoms with Crippen LogP contribution in [0.25, 0.3) is 11.6 Å². The van der Waals surface area contributed by atoms with E-state index in [1.807, 2.05) is 12.1 Å². The summed E-state index contributed by atoms with van der Waals surface area (Å²) in [6.07, 6.45) is 3.34. The molecule has 0 amide bonds. The van der Waals surface area contributed by atoms with Gasteiger partial charge < -0.3 is 24.5 Å². The van der Waals surface area contributed by atoms with Crippen molar-refractivity contribution in [2.24, 2.45) is 10.9 Å². The lowest BCUT2D eigenvalue weighted by atomic mass is 10.1. The molecule has 3 N–H and O–H groups in total. The van der Waals surface area contributed by atoms with Gasteiger partial charge in [0.25, 0.3) is 0 Å². The molecule has 0 saturated carbocycles. The molecule has 1 aliphatic heterocycles. The Kier molecular flexibility index (Phi) is 9.55. The zero-order valence-electron chi connectivity index (χ0n) is 19.0. The lowest BCUT2D eigenvalue weighted by Crippen LogP contribution is -2.38. The van der Waals surface area contributed by atoms with Crippen LogP contribution in [0.5, 0.6) is 5.75 Å². The van der Waals surface area contributed by atoms with E-state index in [9.17, 15) is 0 Å². The number of guanidine groups is 1. The number of hydrogen-bond donors (Lipinski definition) is 3. The van der Waals surface area contributed by atoms with Gasteiger partial charge in [0.1, 0.15) is 11.6 Å². The Labute approximate surface area is 210 Å². The van der Waals surface area contributed by atoms with Crippen LogP contribution in [0, 0.1) is 12.8 Å². The third kappa shape index (κ3) is 7.19. The Morgan fingerprint density at radius 1 is 1.30 bits per heavy atom. The van der Waals surface area contributed by atoms with Crippen LogP contribution in [0.1, 0.15) is 23.4 Å². The number of H-pyrrole nitrogens is 1. The van der Waals surface area contributed by atoms with E-state index in [0.29, 0.717) is 49.6 Å². The van der Waals surface area contributed by atoms with Gasteiger partial charge in [0, 0.05) is 44.6 Å². The molecule has 1 aliphatic rings. The highest BCUT2D eigenvalue weighted by Gasteiger charge is 2.17. The van der Waals surface area contributed by atoms with Gasteiger partial charge in [-0.05, 0) is 37.1 Å². The molecule has 0 spiro atoms. The minimum Gasteiger partial charge on any atom is -0.493 e. The SMILES string of the molecule is CN=C(NCCc1nc(-c2ccco2)n[nH]1)NCc1ccc(C)cc1OCC1CCOC1.I. The van der Waals surface area contributed by atoms with Gasteiger partial charge in [0.2, 0.25) is 5.82 Å². The monoisotopic (exact) mass is 566 g/mol. The van der Waals surface area contributed by atoms with Crippen LogP contribution < -0.4 is 15.4 Å². The molecule has 3 aromatic rings. The number of aliphatic imine (C=N–C) groups is 1. The summed E-state index contributed by atoms with van der Waals surface area (Å²) in [6, 6.07) is 9.93. The van der Waals surface area contributed by atoms with E-state index < -0.39 is 0 Å². The molecule has 2 aromatic heterocycles. The predicted molar refractivity (Wildman–Crippen MR) is 137 cm³/mol. The van der Waals surface area contributed by atoms with Crippen molar-refractivity contribution in [3.63, 3.8) is 0 Å². The highest BCUT2D eigenvalue weighted by atomic mass is 127. The maximum atomic E-state index is 6.13. The number of aromatic nitrogens is 3. The van der Waals surface area contributed by atoms with Crippen molar-refractivity contribution in [3.05, 3.63) is 53.5 Å². The first-order valence-corrected chi connectivity index (χ1v) is 10.9. The lowest BCUT2D eigenvalue weighted by molar-refractivity contribution is 0.166. The van der Waals surface area contributed by atoms with Crippen molar-refractivity contribution < 1.29 is 13.9 Å². The van der Waals surface area contributed by atoms with Gasteiger partial charge in [0.15, 0.2) is 11.7 Å². The van der Waals surface area contributed by atoms with Crippen molar-refractivity contribution in [1.29, 1.82) is 0 Å². The number of rotatable bonds is 9. The second-order valence-electron chi connectivity index (χ2n) is 7.84. The molecule has 1 unspecified atom stereocenters. The van der Waals surface area contributed by atoms with Crippen molar-refractivity contribution in [3.8, 4) is 17.3 Å². The van der Waals surface area contributed by atoms with Crippen LogP contribution in [0.2, 0.25) is 0 Å². The number of furan rings is 1. The molecule has 4 rings (SSSR count). The van der Waals surface area contributed by atoms with Crippen LogP contribution >= 0.6 is 24.0 Å². The average Bonchev–Trinajstić information content (AvgIpc) is 3.58. The predicted octanol–water partition coefficient (Wildman–Crippen LogP) is 3.31. The third-order valence-electron chi connectivity index (χ3n) is 5.32. The summed E-state index contributed by atoms with van der Waals surface area (Å²) in [4.78, 5) is 8.77. The number of aromatic amines is 1. The zero-order chi connectivity index (χ0) is 22.2. The van der Waals surface area contributed by atoms with E-state index in [2.05, 4.69) is 55.9 Å². The molecular formula is C23H31IN6O3. The van der Waals surface area contributed by atoms with Crippen molar-refractivity contribution >= 4 is 29.9 Å². The molecule has 3 heterocycles. The molecule has 1 atom stereocenters. The highest BCUT2D eigenvalue weighted by molar-refractivity contribution is 14.0. The molecule has 0 radical (unpaired) electrons. The molecule has 1 aromatic carbocycles. The molecule has 0 aliphatic carbocycles. The first kappa shape index (κ1) is 25.0. The fraction of sp³-hybridized carbons (Fsp3) is 0.435. The standard InChI is InChI=1S/C23H30N6O3.HI/c1-16-5-6-18(20(12-16)32-15-17-8-11-30-14-17)13-26-23(24-2)25-9-7-21-27-22(29-28-21)19-4-3-10-31-19;/h3-6,10,12,17H,7-9,11,13-15H2,1-2H3,(H2,24,25,26)(H,27,28,29);1H. The van der Waals surface area contributed by atoms with E-state index >= 15 is 0 Å². The fourth-order valence-corrected chi connectivity index (χ4v) is 3.49. The molecule has 33 heavy (non-hydrogen) atoms. The van der Waals surface area contributed by atoms with E-state index in [-0.39, 0.29) is 24.0 Å². The summed E-state index contributed by atoms with van der Waals surface area (Å²) in [7, 11) is 1.76. The second kappa shape index (κ2) is 12.6. The average molecular weight is 566 g/mol. The van der Waals surface area contributed by atoms with Gasteiger partial charge >= 0.3 is 0 Å². The first-order valence-electron chi connectivity index (χ1n) is 10.9. The van der Waals surface area contributed by atoms with E-state index in [4.69, 9.17) is 13.9 Å². The van der Waals surface area contributed by atoms with Crippen molar-refractivity contribution in [2.75, 3.05) is 33.4 Å². The Morgan fingerprint density at radius 3 is 2.97 bits per heavy atom. The Morgan fingerprint density at radius 2 is 2.21 bits per heavy atom. The zero-order valence-corrected chi connectivity index (χ0v) is 21.3. The number of halogens is 1. The summed E-state index contributed by atoms with van der Waals surface area (Å²) in [5.41, 5.74) is 2.27. The van der Waals surface area contributed by atoms with Crippen LogP contribution in [0.3, 0.4) is 0 Å². The molecule has 10 heteroatoms. The summed E-state index contributed by atoms with van der Waals surface area (Å²) in [5.74, 6) is 4.08. The molecule has 1 fully saturated rings. The van der Waals surface area contributed by atoms with E-state index in [1.165, 1.54) is 5.56 Å². The van der Waals surface area contributed by atoms with Gasteiger partial charge in [-0.1, -0.05) is 12.1 Å². The summed E-state index contributed by atoms with van der Waals surface area (Å²) < 4.78 is 16.9. The van der Waals surface area contributed by atoms with E-state index in [0.717, 1.165) is 36.8 Å². The van der Waals surface area contributed by atoms with Gasteiger partial charge in [-0.2, -0.15) is 5.10 Å². The third-order valence-corrected chi connectivity index (χ3v) is 5.32. The van der Waals surface area contributed by atoms with Crippen LogP contribution in [0.15, 0.2) is 46.0 Å². The largest absolute Gasteiger partial charge is 0.493 e. The number of nitrogens with one attached hydrogen (secondary N) is 3. The Hall–Kier alpha value is -2.60. The number of benzene rings is 1. The fourth-order valence-electron chi connectivity index (χ4n) is 3.49. The highest BCUT2D eigenvalue weighted by Crippen LogP contribution is 2.22. The second-order valence-corrected chi connectivity index (χ2v) is 7.84. The van der Waals surface area contributed by atoms with Crippen LogP contribution in [-0.4, -0.2) is 54.6 Å². The number of hydrogen-bond acceptors (Lipinski definition) is 6. The summed E-state index contributed by atoms with van der Waals surface area (Å²) in [5, 5.41) is 13.8. The number of ether oxygens (including phenoxy) is 2. The van der Waals surface area contributed by atoms with Gasteiger partial charge in [-0.15, -0.1) is 24.0 Å². The Bertz CT molecular complexity index is 1020. The smallest absolute Gasteiger partial charge is 0.216 e. The molecular weight excluding hydrogens is 535 g/mol. The lowest BCUT2D eigenvalue weighted by Gasteiger charge is -2.16. The maximum Gasteiger partial charge on any atom is 0.216 e. The summed E-state index contributed by atoms with van der Waals surface area (Å²) >= 11 is 0. The topological polar surface area (TPSA) is 110 Å². The molecule has 9 nitrogen and oxygen atoms in total. The normalized spacial score (nSPS) is 15.8. The minimum atomic E-state index is 0. The van der Waals surface area contributed by atoms with Gasteiger partial charge in [-0.25, -0.2) is 4.98 Å². The quantitative estimate of drug-likeness (QED) is 0.207. The van der Waals surface area contributed by atoms with E-state index in [1.54, 1.807) is 13.3 Å². The Balaban J connectivity index is 0.00000306. The molecule has 1 saturated heterocycles. The molecule has 0 bridgehead atoms. The maximum absolute atomic E-state index is 6.13. The minimum absolute atomic E-state index is 0. The van der Waals surface area contributed by atoms with Gasteiger partial charge in [0.05, 0.1) is 19.5 Å². The van der Waals surface area contributed by atoms with Crippen molar-refractivity contribution in [1.82, 2.24) is 25.8 Å².